The first-order chi connectivity index (χ1) is 46.6. The van der Waals surface area contributed by atoms with Gasteiger partial charge in [-0.25, -0.2) is 9.59 Å². The molecule has 4 bridgehead atoms. The number of unbranched alkanes of at least 4 members (excludes halogenated alkanes) is 24. The van der Waals surface area contributed by atoms with E-state index in [1.165, 1.54) is 196 Å². The van der Waals surface area contributed by atoms with Crippen LogP contribution in [0.25, 0.3) is 0 Å². The van der Waals surface area contributed by atoms with Crippen molar-refractivity contribution in [2.45, 2.75) is 304 Å². The summed E-state index contributed by atoms with van der Waals surface area (Å²) < 4.78 is 34.2. The van der Waals surface area contributed by atoms with E-state index in [9.17, 15) is 35.0 Å². The molecule has 16 heteroatoms. The fraction of sp³-hybridized carbons (Fsp3) is 0.700. The number of nitrogens with zero attached hydrogens (tertiary/aromatic N) is 3. The van der Waals surface area contributed by atoms with Crippen LogP contribution in [0.2, 0.25) is 0 Å². The normalized spacial score (nSPS) is 26.8. The molecule has 10 aliphatic rings. The largest absolute Gasteiger partial charge is 0.513 e. The zero-order valence-corrected chi connectivity index (χ0v) is 58.4. The molecule has 8 atom stereocenters. The molecular formula is C80H115N3O13. The summed E-state index contributed by atoms with van der Waals surface area (Å²) in [5.41, 5.74) is 4.09. The van der Waals surface area contributed by atoms with Crippen molar-refractivity contribution in [3.8, 4) is 28.7 Å². The van der Waals surface area contributed by atoms with Gasteiger partial charge in [-0.1, -0.05) is 193 Å². The highest BCUT2D eigenvalue weighted by molar-refractivity contribution is 5.70. The summed E-state index contributed by atoms with van der Waals surface area (Å²) >= 11 is 0. The van der Waals surface area contributed by atoms with E-state index >= 15 is 0 Å². The number of phenolic OH excluding ortho intramolecular Hbond substituents is 1. The van der Waals surface area contributed by atoms with E-state index < -0.39 is 39.3 Å². The van der Waals surface area contributed by atoms with Crippen molar-refractivity contribution in [3.63, 3.8) is 0 Å². The number of aliphatic hydroxyl groups is 2. The highest BCUT2D eigenvalue weighted by Crippen LogP contribution is 2.68. The Morgan fingerprint density at radius 2 is 0.938 bits per heavy atom. The van der Waals surface area contributed by atoms with E-state index in [4.69, 9.17) is 28.4 Å². The average molecular weight is 1330 g/mol. The van der Waals surface area contributed by atoms with E-state index in [1.54, 1.807) is 6.07 Å². The van der Waals surface area contributed by atoms with Crippen LogP contribution in [-0.2, 0) is 33.1 Å². The number of piperidine rings is 2. The molecule has 16 nitrogen and oxygen atoms in total. The standard InChI is InChI=1S/C37H55NO5.C22H35NO5.C21H25NO3/c1-3-4-5-6-7-8-9-10-11-12-13-14-15-24-41-35(39)42-30-19-18-29-25-31-37(40)21-20-27(2)34-36(37,32(29)33(30)43-34)22-23-38(31)26-28-16-17-28;1-2-3-4-5-6-7-8-9-10-11-12-13-14-19-27-22(24)28-21-17-15-20(16-18-21)23(25)26;1-12-6-7-21(24)16-10-14-4-5-15(23)18-17(14)20(21,19(12)25-18)8-9-22(16)11-13-2-3-13/h18-19,28,31,34,40H,2-17,20-26H2,1H3;15-18H,2-14,19H2,1H3;4-5,13,16,19,23-24H,1-3,6-11H2/t31?,34-,36-,37+;;16?,19-,20-,21+/m0.0/s1. The molecule has 4 aliphatic heterocycles. The van der Waals surface area contributed by atoms with Crippen LogP contribution in [0, 0.1) is 22.0 Å². The number of rotatable bonds is 35. The molecule has 6 aliphatic carbocycles. The Bertz CT molecular complexity index is 3130. The first kappa shape index (κ1) is 71.6. The Balaban J connectivity index is 0.000000154. The number of non-ortho nitro benzene ring substituents is 1. The second kappa shape index (κ2) is 33.0. The van der Waals surface area contributed by atoms with E-state index in [0.29, 0.717) is 36.9 Å². The van der Waals surface area contributed by atoms with Crippen LogP contribution in [0.15, 0.2) is 72.8 Å². The zero-order valence-electron chi connectivity index (χ0n) is 58.4. The third-order valence-corrected chi connectivity index (χ3v) is 23.8. The summed E-state index contributed by atoms with van der Waals surface area (Å²) in [7, 11) is 0. The van der Waals surface area contributed by atoms with E-state index in [2.05, 4.69) is 42.9 Å². The van der Waals surface area contributed by atoms with Crippen LogP contribution in [-0.4, -0.2) is 117 Å². The molecule has 2 unspecified atom stereocenters. The zero-order chi connectivity index (χ0) is 67.3. The number of benzene rings is 3. The molecule has 0 radical (unpaired) electrons. The summed E-state index contributed by atoms with van der Waals surface area (Å²) in [6.07, 6.45) is 42.9. The van der Waals surface area contributed by atoms with Gasteiger partial charge in [0, 0.05) is 48.4 Å². The molecule has 0 amide bonds. The highest BCUT2D eigenvalue weighted by atomic mass is 16.7. The predicted octanol–water partition coefficient (Wildman–Crippen LogP) is 18.1. The monoisotopic (exact) mass is 1330 g/mol. The third kappa shape index (κ3) is 15.8. The van der Waals surface area contributed by atoms with Gasteiger partial charge in [-0.15, -0.1) is 0 Å². The van der Waals surface area contributed by atoms with Crippen molar-refractivity contribution in [1.82, 2.24) is 9.80 Å². The third-order valence-electron chi connectivity index (χ3n) is 23.8. The second-order valence-corrected chi connectivity index (χ2v) is 30.4. The second-order valence-electron chi connectivity index (χ2n) is 30.4. The van der Waals surface area contributed by atoms with Crippen LogP contribution in [0.5, 0.6) is 28.7 Å². The van der Waals surface area contributed by atoms with E-state index in [0.717, 1.165) is 137 Å². The minimum atomic E-state index is -0.863. The molecule has 0 aromatic heterocycles. The van der Waals surface area contributed by atoms with Gasteiger partial charge in [0.25, 0.3) is 5.69 Å². The van der Waals surface area contributed by atoms with Gasteiger partial charge < -0.3 is 43.7 Å². The maximum absolute atomic E-state index is 12.7. The molecule has 3 aromatic carbocycles. The number of ether oxygens (including phenoxy) is 6. The van der Waals surface area contributed by atoms with Gasteiger partial charge in [0.2, 0.25) is 0 Å². The van der Waals surface area contributed by atoms with Crippen molar-refractivity contribution in [2.75, 3.05) is 39.4 Å². The lowest BCUT2D eigenvalue weighted by atomic mass is 9.48. The number of phenols is 1. The quantitative estimate of drug-likeness (QED) is 0.0125. The lowest BCUT2D eigenvalue weighted by Crippen LogP contribution is -2.75. The molecule has 528 valence electrons. The number of nitro groups is 1. The Kier molecular flexibility index (Phi) is 24.6. The van der Waals surface area contributed by atoms with Crippen molar-refractivity contribution in [3.05, 3.63) is 105 Å². The van der Waals surface area contributed by atoms with Gasteiger partial charge in [-0.2, -0.15) is 0 Å². The van der Waals surface area contributed by atoms with E-state index in [-0.39, 0.29) is 41.5 Å². The number of carbonyl (C=O) groups is 2. The fourth-order valence-corrected chi connectivity index (χ4v) is 18.3. The smallest absolute Gasteiger partial charge is 0.504 e. The lowest BCUT2D eigenvalue weighted by molar-refractivity contribution is -0.384. The van der Waals surface area contributed by atoms with Gasteiger partial charge in [0.1, 0.15) is 18.0 Å². The summed E-state index contributed by atoms with van der Waals surface area (Å²) in [5, 5.41) is 45.6. The average Bonchev–Trinajstić information content (AvgIpc) is 1.43. The molecule has 3 aromatic rings. The predicted molar refractivity (Wildman–Crippen MR) is 375 cm³/mol. The maximum atomic E-state index is 12.7. The van der Waals surface area contributed by atoms with Gasteiger partial charge >= 0.3 is 12.3 Å². The van der Waals surface area contributed by atoms with Crippen molar-refractivity contribution >= 4 is 18.0 Å². The van der Waals surface area contributed by atoms with Crippen LogP contribution < -0.4 is 18.9 Å². The Labute approximate surface area is 572 Å². The number of hydrogen-bond acceptors (Lipinski definition) is 15. The molecule has 4 heterocycles. The van der Waals surface area contributed by atoms with Gasteiger partial charge in [-0.3, -0.25) is 19.9 Å². The minimum Gasteiger partial charge on any atom is -0.504 e. The molecule has 6 fully saturated rings. The number of hydrogen-bond donors (Lipinski definition) is 3. The summed E-state index contributed by atoms with van der Waals surface area (Å²) in [6, 6.07) is 13.3. The van der Waals surface area contributed by atoms with Crippen molar-refractivity contribution in [1.29, 1.82) is 0 Å². The number of nitro benzene ring substituents is 1. The van der Waals surface area contributed by atoms with Gasteiger partial charge in [0.15, 0.2) is 23.0 Å². The molecule has 96 heavy (non-hydrogen) atoms. The van der Waals surface area contributed by atoms with Gasteiger partial charge in [0.05, 0.1) is 40.2 Å². The minimum absolute atomic E-state index is 0.0484. The van der Waals surface area contributed by atoms with Crippen LogP contribution in [0.4, 0.5) is 15.3 Å². The first-order valence-electron chi connectivity index (χ1n) is 38.2. The lowest BCUT2D eigenvalue weighted by Gasteiger charge is -2.63. The molecule has 13 rings (SSSR count). The van der Waals surface area contributed by atoms with E-state index in [1.807, 2.05) is 12.1 Å². The Hall–Kier alpha value is -5.68. The van der Waals surface area contributed by atoms with Crippen molar-refractivity contribution < 1.29 is 58.3 Å². The Morgan fingerprint density at radius 3 is 1.36 bits per heavy atom. The summed E-state index contributed by atoms with van der Waals surface area (Å²) in [6.45, 7) is 18.1. The van der Waals surface area contributed by atoms with Gasteiger partial charge in [-0.05, 0) is 161 Å². The summed E-state index contributed by atoms with van der Waals surface area (Å²) in [4.78, 5) is 39.5. The number of likely N-dealkylation sites (tertiary alicyclic amines) is 2. The van der Waals surface area contributed by atoms with Crippen LogP contribution >= 0.6 is 0 Å². The Morgan fingerprint density at radius 1 is 0.542 bits per heavy atom. The highest BCUT2D eigenvalue weighted by Gasteiger charge is 2.73. The SMILES string of the molecule is C=C1CC[C@@]2(O)C3Cc4ccc(O)c5c4[C@@]2(CCN3CC2CC2)[C@H]1O5.C=C1CC[C@@]2(O)C3Cc4ccc(OC(=O)OCCCCCCCCCCCCCCC)c5c4[C@@]2(CCN3CC2CC2)[C@H]1O5.CCCCCCCCCCCCCCCOC(=O)Oc1ccc([N+](=O)[O-])cc1. The van der Waals surface area contributed by atoms with Crippen LogP contribution in [0.3, 0.4) is 0 Å². The summed E-state index contributed by atoms with van der Waals surface area (Å²) in [5.74, 6) is 3.69. The molecule has 4 saturated carbocycles. The first-order valence-corrected chi connectivity index (χ1v) is 38.2. The maximum Gasteiger partial charge on any atom is 0.513 e. The van der Waals surface area contributed by atoms with Crippen LogP contribution in [0.1, 0.15) is 267 Å². The van der Waals surface area contributed by atoms with Crippen molar-refractivity contribution in [2.24, 2.45) is 11.8 Å². The number of aromatic hydroxyl groups is 1. The molecule has 3 N–H and O–H groups in total. The number of carbonyl (C=O) groups excluding carboxylic acids is 2. The molecule has 2 spiro atoms. The topological polar surface area (TPSA) is 200 Å². The fourth-order valence-electron chi connectivity index (χ4n) is 18.3. The molecular weight excluding hydrogens is 1210 g/mol. The molecule has 2 saturated heterocycles.